The molecule has 1 fully saturated rings. The third-order valence-electron chi connectivity index (χ3n) is 5.69. The fraction of sp³-hybridized carbons (Fsp3) is 0.333. The van der Waals surface area contributed by atoms with E-state index in [1.54, 1.807) is 11.0 Å². The molecule has 7 nitrogen and oxygen atoms in total. The number of H-pyrrole nitrogens is 1. The summed E-state index contributed by atoms with van der Waals surface area (Å²) >= 11 is 1.53. The molecule has 0 spiro atoms. The second kappa shape index (κ2) is 9.18. The molecule has 8 heteroatoms. The first kappa shape index (κ1) is 20.8. The molecule has 0 saturated carbocycles. The minimum atomic E-state index is -0.147. The number of benzene rings is 2. The zero-order valence-electron chi connectivity index (χ0n) is 17.6. The molecule has 4 aromatic rings. The number of aryl methyl sites for hydroxylation is 1. The van der Waals surface area contributed by atoms with Gasteiger partial charge in [-0.25, -0.2) is 9.97 Å². The van der Waals surface area contributed by atoms with E-state index in [1.165, 1.54) is 11.3 Å². The Bertz CT molecular complexity index is 1280. The first-order valence-electron chi connectivity index (χ1n) is 10.9. The minimum Gasteiger partial charge on any atom is -0.376 e. The number of amides is 1. The van der Waals surface area contributed by atoms with Crippen molar-refractivity contribution in [2.24, 2.45) is 0 Å². The molecule has 1 saturated heterocycles. The number of ether oxygens (including phenoxy) is 1. The van der Waals surface area contributed by atoms with E-state index in [1.807, 2.05) is 42.5 Å². The van der Waals surface area contributed by atoms with Crippen LogP contribution in [0.5, 0.6) is 0 Å². The SMILES string of the molecule is O=C(CCCc1nc2ccccc2c(=O)[nH]1)N(CC1CCCO1)c1nc2ccccc2s1. The highest BCUT2D eigenvalue weighted by Crippen LogP contribution is 2.30. The van der Waals surface area contributed by atoms with Crippen LogP contribution in [0.25, 0.3) is 21.1 Å². The Hall–Kier alpha value is -3.10. The normalized spacial score (nSPS) is 16.1. The Morgan fingerprint density at radius 3 is 2.75 bits per heavy atom. The van der Waals surface area contributed by atoms with E-state index < -0.39 is 0 Å². The molecule has 3 heterocycles. The lowest BCUT2D eigenvalue weighted by atomic mass is 10.2. The smallest absolute Gasteiger partial charge is 0.258 e. The lowest BCUT2D eigenvalue weighted by molar-refractivity contribution is -0.119. The quantitative estimate of drug-likeness (QED) is 0.460. The second-order valence-electron chi connectivity index (χ2n) is 7.99. The van der Waals surface area contributed by atoms with Gasteiger partial charge in [-0.15, -0.1) is 0 Å². The van der Waals surface area contributed by atoms with Crippen molar-refractivity contribution in [2.75, 3.05) is 18.1 Å². The maximum atomic E-state index is 13.2. The third-order valence-corrected chi connectivity index (χ3v) is 6.75. The summed E-state index contributed by atoms with van der Waals surface area (Å²) < 4.78 is 6.85. The summed E-state index contributed by atoms with van der Waals surface area (Å²) in [6.45, 7) is 1.26. The van der Waals surface area contributed by atoms with Crippen LogP contribution in [-0.2, 0) is 16.0 Å². The topological polar surface area (TPSA) is 88.2 Å². The van der Waals surface area contributed by atoms with Gasteiger partial charge >= 0.3 is 0 Å². The maximum Gasteiger partial charge on any atom is 0.258 e. The van der Waals surface area contributed by atoms with Crippen molar-refractivity contribution in [1.82, 2.24) is 15.0 Å². The average molecular weight is 449 g/mol. The summed E-state index contributed by atoms with van der Waals surface area (Å²) in [7, 11) is 0. The molecule has 0 aliphatic carbocycles. The van der Waals surface area contributed by atoms with Crippen LogP contribution in [-0.4, -0.2) is 40.1 Å². The van der Waals surface area contributed by atoms with Crippen LogP contribution in [0.2, 0.25) is 0 Å². The maximum absolute atomic E-state index is 13.2. The van der Waals surface area contributed by atoms with Crippen molar-refractivity contribution >= 4 is 43.5 Å². The van der Waals surface area contributed by atoms with Gasteiger partial charge in [0.25, 0.3) is 5.56 Å². The van der Waals surface area contributed by atoms with Gasteiger partial charge in [-0.1, -0.05) is 35.6 Å². The van der Waals surface area contributed by atoms with E-state index in [2.05, 4.69) is 9.97 Å². The number of carbonyl (C=O) groups excluding carboxylic acids is 1. The molecular weight excluding hydrogens is 424 g/mol. The number of carbonyl (C=O) groups is 1. The Morgan fingerprint density at radius 1 is 1.12 bits per heavy atom. The highest BCUT2D eigenvalue weighted by Gasteiger charge is 2.26. The van der Waals surface area contributed by atoms with Crippen molar-refractivity contribution in [2.45, 2.75) is 38.2 Å². The monoisotopic (exact) mass is 448 g/mol. The lowest BCUT2D eigenvalue weighted by Crippen LogP contribution is -2.37. The number of fused-ring (bicyclic) bond motifs is 2. The van der Waals surface area contributed by atoms with Crippen molar-refractivity contribution in [3.8, 4) is 0 Å². The molecule has 0 bridgehead atoms. The molecule has 1 aliphatic heterocycles. The molecule has 1 N–H and O–H groups in total. The Morgan fingerprint density at radius 2 is 1.94 bits per heavy atom. The van der Waals surface area contributed by atoms with Crippen LogP contribution in [0.1, 0.15) is 31.5 Å². The van der Waals surface area contributed by atoms with E-state index in [4.69, 9.17) is 9.72 Å². The molecule has 1 amide bonds. The minimum absolute atomic E-state index is 0.0164. The summed E-state index contributed by atoms with van der Waals surface area (Å²) in [6.07, 6.45) is 3.49. The van der Waals surface area contributed by atoms with Gasteiger partial charge in [-0.2, -0.15) is 0 Å². The van der Waals surface area contributed by atoms with Gasteiger partial charge in [0.05, 0.1) is 33.8 Å². The zero-order chi connectivity index (χ0) is 21.9. The van der Waals surface area contributed by atoms with Crippen LogP contribution in [0.4, 0.5) is 5.13 Å². The number of hydrogen-bond acceptors (Lipinski definition) is 6. The van der Waals surface area contributed by atoms with Gasteiger partial charge in [0, 0.05) is 19.4 Å². The number of thiazole rings is 1. The molecular formula is C24H24N4O3S. The number of aromatic amines is 1. The molecule has 2 aromatic carbocycles. The molecule has 2 aromatic heterocycles. The Balaban J connectivity index is 1.30. The summed E-state index contributed by atoms with van der Waals surface area (Å²) in [6, 6.07) is 15.2. The molecule has 32 heavy (non-hydrogen) atoms. The molecule has 1 atom stereocenters. The predicted molar refractivity (Wildman–Crippen MR) is 126 cm³/mol. The van der Waals surface area contributed by atoms with Crippen molar-refractivity contribution in [1.29, 1.82) is 0 Å². The molecule has 1 unspecified atom stereocenters. The fourth-order valence-electron chi connectivity index (χ4n) is 4.05. The number of hydrogen-bond donors (Lipinski definition) is 1. The van der Waals surface area contributed by atoms with Crippen molar-refractivity contribution < 1.29 is 9.53 Å². The van der Waals surface area contributed by atoms with Crippen molar-refractivity contribution in [3.63, 3.8) is 0 Å². The number of rotatable bonds is 7. The van der Waals surface area contributed by atoms with Gasteiger partial charge in [0.1, 0.15) is 5.82 Å². The highest BCUT2D eigenvalue weighted by molar-refractivity contribution is 7.22. The Kier molecular flexibility index (Phi) is 5.96. The first-order valence-corrected chi connectivity index (χ1v) is 11.7. The number of para-hydroxylation sites is 2. The molecule has 1 aliphatic rings. The number of anilines is 1. The predicted octanol–water partition coefficient (Wildman–Crippen LogP) is 4.07. The van der Waals surface area contributed by atoms with Gasteiger partial charge in [-0.05, 0) is 43.5 Å². The van der Waals surface area contributed by atoms with E-state index in [0.29, 0.717) is 47.7 Å². The van der Waals surface area contributed by atoms with Gasteiger partial charge in [0.2, 0.25) is 5.91 Å². The molecule has 0 radical (unpaired) electrons. The van der Waals surface area contributed by atoms with E-state index in [-0.39, 0.29) is 17.6 Å². The van der Waals surface area contributed by atoms with Crippen LogP contribution in [0, 0.1) is 0 Å². The van der Waals surface area contributed by atoms with Gasteiger partial charge < -0.3 is 9.72 Å². The highest BCUT2D eigenvalue weighted by atomic mass is 32.1. The largest absolute Gasteiger partial charge is 0.376 e. The van der Waals surface area contributed by atoms with Gasteiger partial charge in [0.15, 0.2) is 5.13 Å². The molecule has 164 valence electrons. The lowest BCUT2D eigenvalue weighted by Gasteiger charge is -2.23. The standard InChI is InChI=1S/C24H24N4O3S/c29-22(13-5-12-21-25-18-9-2-1-8-17(18)23(30)27-21)28(15-16-7-6-14-31-16)24-26-19-10-3-4-11-20(19)32-24/h1-4,8-11,16H,5-7,12-15H2,(H,25,27,30). The summed E-state index contributed by atoms with van der Waals surface area (Å²) in [5, 5.41) is 1.29. The van der Waals surface area contributed by atoms with Crippen LogP contribution in [0.15, 0.2) is 53.3 Å². The van der Waals surface area contributed by atoms with Crippen LogP contribution >= 0.6 is 11.3 Å². The first-order chi connectivity index (χ1) is 15.7. The summed E-state index contributed by atoms with van der Waals surface area (Å²) in [4.78, 5) is 39.3. The van der Waals surface area contributed by atoms with Crippen LogP contribution in [0.3, 0.4) is 0 Å². The number of aromatic nitrogens is 3. The number of nitrogens with zero attached hydrogens (tertiary/aromatic N) is 3. The summed E-state index contributed by atoms with van der Waals surface area (Å²) in [5.74, 6) is 0.620. The fourth-order valence-corrected chi connectivity index (χ4v) is 5.04. The van der Waals surface area contributed by atoms with E-state index >= 15 is 0 Å². The van der Waals surface area contributed by atoms with E-state index in [9.17, 15) is 9.59 Å². The Labute approximate surface area is 189 Å². The summed E-state index contributed by atoms with van der Waals surface area (Å²) in [5.41, 5.74) is 1.43. The molecule has 5 rings (SSSR count). The number of nitrogens with one attached hydrogen (secondary N) is 1. The average Bonchev–Trinajstić information content (AvgIpc) is 3.47. The van der Waals surface area contributed by atoms with Gasteiger partial charge in [-0.3, -0.25) is 14.5 Å². The second-order valence-corrected chi connectivity index (χ2v) is 9.00. The van der Waals surface area contributed by atoms with Crippen molar-refractivity contribution in [3.05, 3.63) is 64.7 Å². The van der Waals surface area contributed by atoms with Crippen LogP contribution < -0.4 is 10.5 Å². The third kappa shape index (κ3) is 4.42. The zero-order valence-corrected chi connectivity index (χ0v) is 18.4. The van der Waals surface area contributed by atoms with E-state index in [0.717, 1.165) is 29.7 Å².